The Kier molecular flexibility index (Phi) is 6.73. The molecule has 0 radical (unpaired) electrons. The van der Waals surface area contributed by atoms with Crippen molar-refractivity contribution in [2.45, 2.75) is 19.3 Å². The molecule has 7 heteroatoms. The Bertz CT molecular complexity index is 930. The number of carbonyl (C=O) groups excluding carboxylic acids is 1. The van der Waals surface area contributed by atoms with Crippen LogP contribution in [0.2, 0.25) is 0 Å². The number of methoxy groups -OCH3 is 2. The summed E-state index contributed by atoms with van der Waals surface area (Å²) in [5.74, 6) is 0.853. The van der Waals surface area contributed by atoms with Gasteiger partial charge in [-0.15, -0.1) is 0 Å². The lowest BCUT2D eigenvalue weighted by molar-refractivity contribution is 0.0997. The van der Waals surface area contributed by atoms with E-state index in [0.717, 1.165) is 12.1 Å². The van der Waals surface area contributed by atoms with Gasteiger partial charge in [-0.25, -0.2) is 4.99 Å². The standard InChI is InChI=1S/C22H23N3O4/c1-4-13-29-20-14-15(10-11-16(20)17-7-6-12-23-25-17)24-22(26)21-18(27-2)8-5-9-19(21)28-3/h5-12,14,16H,4,13H2,1-3H3. The molecule has 0 N–H and O–H groups in total. The number of rotatable bonds is 7. The van der Waals surface area contributed by atoms with Crippen molar-refractivity contribution in [2.75, 3.05) is 20.8 Å². The van der Waals surface area contributed by atoms with Gasteiger partial charge in [-0.3, -0.25) is 4.79 Å². The molecule has 29 heavy (non-hydrogen) atoms. The second-order valence-corrected chi connectivity index (χ2v) is 6.26. The highest BCUT2D eigenvalue weighted by Crippen LogP contribution is 2.31. The first-order valence-electron chi connectivity index (χ1n) is 9.32. The molecule has 0 saturated carbocycles. The SMILES string of the molecule is CCCOC1=CC(=NC(=O)c2c(OC)cccc2OC)C=CC1c1cccnn1. The van der Waals surface area contributed by atoms with Gasteiger partial charge in [-0.2, -0.15) is 10.2 Å². The zero-order valence-corrected chi connectivity index (χ0v) is 16.7. The molecule has 0 aliphatic heterocycles. The smallest absolute Gasteiger partial charge is 0.285 e. The van der Waals surface area contributed by atoms with Gasteiger partial charge in [-0.05, 0) is 36.8 Å². The summed E-state index contributed by atoms with van der Waals surface area (Å²) in [6, 6.07) is 8.86. The van der Waals surface area contributed by atoms with Crippen LogP contribution in [0.3, 0.4) is 0 Å². The Morgan fingerprint density at radius 1 is 1.14 bits per heavy atom. The van der Waals surface area contributed by atoms with Crippen molar-refractivity contribution in [1.82, 2.24) is 10.2 Å². The quantitative estimate of drug-likeness (QED) is 0.713. The van der Waals surface area contributed by atoms with Crippen LogP contribution in [-0.4, -0.2) is 42.6 Å². The van der Waals surface area contributed by atoms with Gasteiger partial charge < -0.3 is 14.2 Å². The number of hydrogen-bond donors (Lipinski definition) is 0. The lowest BCUT2D eigenvalue weighted by Gasteiger charge is -2.20. The highest BCUT2D eigenvalue weighted by atomic mass is 16.5. The third-order valence-corrected chi connectivity index (χ3v) is 4.31. The molecule has 0 spiro atoms. The molecule has 1 aromatic carbocycles. The minimum atomic E-state index is -0.456. The summed E-state index contributed by atoms with van der Waals surface area (Å²) in [5.41, 5.74) is 1.52. The van der Waals surface area contributed by atoms with Crippen LogP contribution in [0.1, 0.15) is 35.3 Å². The summed E-state index contributed by atoms with van der Waals surface area (Å²) in [6.07, 6.45) is 7.92. The summed E-state index contributed by atoms with van der Waals surface area (Å²) in [4.78, 5) is 17.1. The fourth-order valence-electron chi connectivity index (χ4n) is 2.95. The Hall–Kier alpha value is -3.48. The van der Waals surface area contributed by atoms with Crippen LogP contribution >= 0.6 is 0 Å². The molecule has 1 aliphatic carbocycles. The topological polar surface area (TPSA) is 82.9 Å². The Labute approximate surface area is 169 Å². The van der Waals surface area contributed by atoms with Crippen LogP contribution in [0, 0.1) is 0 Å². The molecule has 7 nitrogen and oxygen atoms in total. The Balaban J connectivity index is 1.94. The maximum atomic E-state index is 12.9. The number of aliphatic imine (C=N–C) groups is 1. The number of nitrogens with zero attached hydrogens (tertiary/aromatic N) is 3. The van der Waals surface area contributed by atoms with Gasteiger partial charge >= 0.3 is 0 Å². The summed E-state index contributed by atoms with van der Waals surface area (Å²) in [6.45, 7) is 2.58. The maximum Gasteiger partial charge on any atom is 0.285 e. The second kappa shape index (κ2) is 9.64. The number of allylic oxidation sites excluding steroid dienone is 3. The van der Waals surface area contributed by atoms with E-state index in [-0.39, 0.29) is 11.5 Å². The molecule has 1 aromatic heterocycles. The number of ether oxygens (including phenoxy) is 3. The van der Waals surface area contributed by atoms with Gasteiger partial charge in [0.25, 0.3) is 5.91 Å². The van der Waals surface area contributed by atoms with Crippen LogP contribution in [0.15, 0.2) is 65.5 Å². The monoisotopic (exact) mass is 393 g/mol. The molecule has 1 heterocycles. The normalized spacial score (nSPS) is 17.0. The third kappa shape index (κ3) is 4.68. The minimum Gasteiger partial charge on any atom is -0.497 e. The van der Waals surface area contributed by atoms with E-state index < -0.39 is 5.91 Å². The van der Waals surface area contributed by atoms with Crippen molar-refractivity contribution in [3.05, 3.63) is 71.8 Å². The van der Waals surface area contributed by atoms with E-state index in [1.165, 1.54) is 14.2 Å². The Morgan fingerprint density at radius 2 is 1.90 bits per heavy atom. The predicted octanol–water partition coefficient (Wildman–Crippen LogP) is 3.74. The first-order valence-corrected chi connectivity index (χ1v) is 9.32. The molecule has 150 valence electrons. The highest BCUT2D eigenvalue weighted by molar-refractivity contribution is 6.14. The zero-order valence-electron chi connectivity index (χ0n) is 16.7. The number of aromatic nitrogens is 2. The number of amides is 1. The van der Waals surface area contributed by atoms with Crippen LogP contribution in [0.25, 0.3) is 0 Å². The van der Waals surface area contributed by atoms with E-state index in [1.807, 2.05) is 25.1 Å². The molecule has 2 aromatic rings. The maximum absolute atomic E-state index is 12.9. The largest absolute Gasteiger partial charge is 0.497 e. The van der Waals surface area contributed by atoms with Crippen molar-refractivity contribution in [3.8, 4) is 11.5 Å². The summed E-state index contributed by atoms with van der Waals surface area (Å²) < 4.78 is 16.5. The molecule has 1 aliphatic rings. The van der Waals surface area contributed by atoms with Crippen molar-refractivity contribution in [1.29, 1.82) is 0 Å². The van der Waals surface area contributed by atoms with Crippen molar-refractivity contribution < 1.29 is 19.0 Å². The van der Waals surface area contributed by atoms with E-state index in [9.17, 15) is 4.79 Å². The van der Waals surface area contributed by atoms with Crippen molar-refractivity contribution in [2.24, 2.45) is 4.99 Å². The first-order chi connectivity index (χ1) is 14.2. The molecule has 0 saturated heterocycles. The zero-order chi connectivity index (χ0) is 20.6. The van der Waals surface area contributed by atoms with Gasteiger partial charge in [0, 0.05) is 12.3 Å². The second-order valence-electron chi connectivity index (χ2n) is 6.26. The molecule has 0 fully saturated rings. The third-order valence-electron chi connectivity index (χ3n) is 4.31. The molecule has 1 unspecified atom stereocenters. The van der Waals surface area contributed by atoms with Gasteiger partial charge in [0.05, 0.1) is 38.1 Å². The summed E-state index contributed by atoms with van der Waals surface area (Å²) in [5, 5.41) is 8.12. The van der Waals surface area contributed by atoms with Crippen molar-refractivity contribution >= 4 is 11.6 Å². The average Bonchev–Trinajstić information content (AvgIpc) is 2.77. The first kappa shape index (κ1) is 20.3. The number of carbonyl (C=O) groups is 1. The molecule has 3 rings (SSSR count). The molecular formula is C22H23N3O4. The van der Waals surface area contributed by atoms with E-state index >= 15 is 0 Å². The van der Waals surface area contributed by atoms with Crippen LogP contribution in [0.4, 0.5) is 0 Å². The number of benzene rings is 1. The lowest BCUT2D eigenvalue weighted by Crippen LogP contribution is -2.14. The van der Waals surface area contributed by atoms with Gasteiger partial charge in [0.2, 0.25) is 0 Å². The van der Waals surface area contributed by atoms with Gasteiger partial charge in [0.15, 0.2) is 0 Å². The Morgan fingerprint density at radius 3 is 2.52 bits per heavy atom. The number of hydrogen-bond acceptors (Lipinski definition) is 6. The van der Waals surface area contributed by atoms with E-state index in [4.69, 9.17) is 14.2 Å². The van der Waals surface area contributed by atoms with E-state index in [2.05, 4.69) is 15.2 Å². The average molecular weight is 393 g/mol. The van der Waals surface area contributed by atoms with E-state index in [1.54, 1.807) is 36.5 Å². The van der Waals surface area contributed by atoms with Gasteiger partial charge in [-0.1, -0.05) is 19.1 Å². The lowest BCUT2D eigenvalue weighted by atomic mass is 9.96. The molecule has 1 amide bonds. The fourth-order valence-corrected chi connectivity index (χ4v) is 2.95. The molecule has 1 atom stereocenters. The fraction of sp³-hybridized carbons (Fsp3) is 0.273. The van der Waals surface area contributed by atoms with Crippen LogP contribution in [0.5, 0.6) is 11.5 Å². The van der Waals surface area contributed by atoms with Crippen LogP contribution < -0.4 is 9.47 Å². The van der Waals surface area contributed by atoms with Crippen molar-refractivity contribution in [3.63, 3.8) is 0 Å². The predicted molar refractivity (Wildman–Crippen MR) is 110 cm³/mol. The molecule has 0 bridgehead atoms. The van der Waals surface area contributed by atoms with E-state index in [0.29, 0.717) is 29.6 Å². The highest BCUT2D eigenvalue weighted by Gasteiger charge is 2.23. The molecular weight excluding hydrogens is 370 g/mol. The summed E-state index contributed by atoms with van der Waals surface area (Å²) >= 11 is 0. The van der Waals surface area contributed by atoms with Gasteiger partial charge in [0.1, 0.15) is 22.8 Å². The summed E-state index contributed by atoms with van der Waals surface area (Å²) in [7, 11) is 3.00. The van der Waals surface area contributed by atoms with Crippen LogP contribution in [-0.2, 0) is 4.74 Å². The minimum absolute atomic E-state index is 0.176.